The number of hydrogen-bond acceptors (Lipinski definition) is 2. The molecule has 1 aromatic heterocycles. The zero-order valence-corrected chi connectivity index (χ0v) is 11.2. The van der Waals surface area contributed by atoms with Gasteiger partial charge in [-0.2, -0.15) is 0 Å². The Kier molecular flexibility index (Phi) is 3.28. The maximum absolute atomic E-state index is 12.0. The van der Waals surface area contributed by atoms with E-state index in [1.165, 1.54) is 22.2 Å². The van der Waals surface area contributed by atoms with Gasteiger partial charge < -0.3 is 9.72 Å². The van der Waals surface area contributed by atoms with E-state index in [0.717, 1.165) is 25.7 Å². The highest BCUT2D eigenvalue weighted by atomic mass is 16.5. The molecule has 0 amide bonds. The Balaban J connectivity index is 1.84. The number of nitrogens with one attached hydrogen (secondary N) is 1. The Morgan fingerprint density at radius 3 is 3.11 bits per heavy atom. The van der Waals surface area contributed by atoms with E-state index in [0.29, 0.717) is 6.61 Å². The number of benzene rings is 1. The third kappa shape index (κ3) is 2.25. The molecule has 3 heteroatoms. The molecule has 0 saturated heterocycles. The molecule has 1 aliphatic carbocycles. The van der Waals surface area contributed by atoms with E-state index < -0.39 is 0 Å². The van der Waals surface area contributed by atoms with Crippen molar-refractivity contribution >= 4 is 16.9 Å². The summed E-state index contributed by atoms with van der Waals surface area (Å²) in [5.74, 6) is -0.00367. The molecule has 3 rings (SSSR count). The van der Waals surface area contributed by atoms with Gasteiger partial charge >= 0.3 is 5.97 Å². The van der Waals surface area contributed by atoms with E-state index in [1.54, 1.807) is 0 Å². The number of rotatable bonds is 3. The summed E-state index contributed by atoms with van der Waals surface area (Å²) in [4.78, 5) is 15.5. The summed E-state index contributed by atoms with van der Waals surface area (Å²) in [5.41, 5.74) is 3.77. The Labute approximate surface area is 113 Å². The fourth-order valence-corrected chi connectivity index (χ4v) is 2.89. The monoisotopic (exact) mass is 257 g/mol. The second kappa shape index (κ2) is 5.08. The van der Waals surface area contributed by atoms with Gasteiger partial charge in [0.15, 0.2) is 0 Å². The van der Waals surface area contributed by atoms with E-state index >= 15 is 0 Å². The van der Waals surface area contributed by atoms with E-state index in [1.807, 2.05) is 13.0 Å². The fraction of sp³-hybridized carbons (Fsp3) is 0.438. The number of ether oxygens (including phenoxy) is 1. The van der Waals surface area contributed by atoms with Crippen molar-refractivity contribution in [2.45, 2.75) is 32.6 Å². The summed E-state index contributed by atoms with van der Waals surface area (Å²) in [6.45, 7) is 2.56. The molecule has 1 aliphatic rings. The van der Waals surface area contributed by atoms with Crippen molar-refractivity contribution in [1.29, 1.82) is 0 Å². The molecule has 0 aliphatic heterocycles. The number of carbonyl (C=O) groups is 1. The van der Waals surface area contributed by atoms with Crippen LogP contribution in [0.5, 0.6) is 0 Å². The van der Waals surface area contributed by atoms with Crippen molar-refractivity contribution in [2.75, 3.05) is 6.61 Å². The molecule has 1 heterocycles. The van der Waals surface area contributed by atoms with Crippen LogP contribution < -0.4 is 0 Å². The van der Waals surface area contributed by atoms with Crippen LogP contribution >= 0.6 is 0 Å². The van der Waals surface area contributed by atoms with Gasteiger partial charge in [0.05, 0.1) is 12.5 Å². The van der Waals surface area contributed by atoms with Gasteiger partial charge in [-0.3, -0.25) is 4.79 Å². The van der Waals surface area contributed by atoms with Gasteiger partial charge in [0.2, 0.25) is 0 Å². The lowest BCUT2D eigenvalue weighted by Crippen LogP contribution is -2.24. The molecule has 19 heavy (non-hydrogen) atoms. The van der Waals surface area contributed by atoms with E-state index in [9.17, 15) is 4.79 Å². The first kappa shape index (κ1) is 12.3. The van der Waals surface area contributed by atoms with Crippen molar-refractivity contribution in [3.63, 3.8) is 0 Å². The Morgan fingerprint density at radius 1 is 1.42 bits per heavy atom. The lowest BCUT2D eigenvalue weighted by atomic mass is 9.86. The SMILES string of the molecule is CCCOC(=O)C1CCc2[nH]c3ccccc3c2C1. The van der Waals surface area contributed by atoms with Crippen LogP contribution in [0.4, 0.5) is 0 Å². The van der Waals surface area contributed by atoms with Gasteiger partial charge in [0, 0.05) is 16.6 Å². The number of carbonyl (C=O) groups excluding carboxylic acids is 1. The first-order chi connectivity index (χ1) is 9.29. The van der Waals surface area contributed by atoms with Crippen molar-refractivity contribution in [3.05, 3.63) is 35.5 Å². The highest BCUT2D eigenvalue weighted by Gasteiger charge is 2.28. The van der Waals surface area contributed by atoms with Crippen LogP contribution in [0.15, 0.2) is 24.3 Å². The van der Waals surface area contributed by atoms with Crippen LogP contribution in [0.3, 0.4) is 0 Å². The second-order valence-electron chi connectivity index (χ2n) is 5.23. The first-order valence-electron chi connectivity index (χ1n) is 7.04. The molecule has 0 spiro atoms. The minimum absolute atomic E-state index is 0.0262. The van der Waals surface area contributed by atoms with Gasteiger partial charge in [0.1, 0.15) is 0 Å². The van der Waals surface area contributed by atoms with Gasteiger partial charge in [-0.1, -0.05) is 25.1 Å². The first-order valence-corrected chi connectivity index (χ1v) is 7.04. The number of aromatic nitrogens is 1. The predicted octanol–water partition coefficient (Wildman–Crippen LogP) is 3.23. The molecule has 0 fully saturated rings. The van der Waals surface area contributed by atoms with Crippen molar-refractivity contribution in [1.82, 2.24) is 4.98 Å². The van der Waals surface area contributed by atoms with Crippen LogP contribution in [0, 0.1) is 5.92 Å². The minimum atomic E-state index is -0.0298. The van der Waals surface area contributed by atoms with Crippen molar-refractivity contribution in [3.8, 4) is 0 Å². The fourth-order valence-electron chi connectivity index (χ4n) is 2.89. The number of hydrogen-bond donors (Lipinski definition) is 1. The summed E-state index contributed by atoms with van der Waals surface area (Å²) in [6.07, 6.45) is 3.52. The molecule has 0 saturated carbocycles. The summed E-state index contributed by atoms with van der Waals surface area (Å²) in [7, 11) is 0. The number of aromatic amines is 1. The maximum Gasteiger partial charge on any atom is 0.309 e. The van der Waals surface area contributed by atoms with Gasteiger partial charge in [-0.15, -0.1) is 0 Å². The minimum Gasteiger partial charge on any atom is -0.465 e. The topological polar surface area (TPSA) is 42.1 Å². The smallest absolute Gasteiger partial charge is 0.309 e. The third-order valence-corrected chi connectivity index (χ3v) is 3.88. The molecular weight excluding hydrogens is 238 g/mol. The van der Waals surface area contributed by atoms with Gasteiger partial charge in [-0.25, -0.2) is 0 Å². The quantitative estimate of drug-likeness (QED) is 0.858. The zero-order chi connectivity index (χ0) is 13.2. The van der Waals surface area contributed by atoms with Crippen molar-refractivity contribution in [2.24, 2.45) is 5.92 Å². The second-order valence-corrected chi connectivity index (χ2v) is 5.23. The van der Waals surface area contributed by atoms with E-state index in [4.69, 9.17) is 4.74 Å². The lowest BCUT2D eigenvalue weighted by Gasteiger charge is -2.21. The number of para-hydroxylation sites is 1. The number of esters is 1. The van der Waals surface area contributed by atoms with Crippen LogP contribution in [-0.2, 0) is 22.4 Å². The summed E-state index contributed by atoms with van der Waals surface area (Å²) in [5, 5.41) is 1.26. The average Bonchev–Trinajstić information content (AvgIpc) is 2.82. The zero-order valence-electron chi connectivity index (χ0n) is 11.2. The lowest BCUT2D eigenvalue weighted by molar-refractivity contribution is -0.148. The van der Waals surface area contributed by atoms with Crippen LogP contribution in [0.1, 0.15) is 31.0 Å². The molecule has 0 radical (unpaired) electrons. The number of H-pyrrole nitrogens is 1. The van der Waals surface area contributed by atoms with Crippen LogP contribution in [0.2, 0.25) is 0 Å². The van der Waals surface area contributed by atoms with Crippen molar-refractivity contribution < 1.29 is 9.53 Å². The standard InChI is InChI=1S/C16H19NO2/c1-2-9-19-16(18)11-7-8-15-13(10-11)12-5-3-4-6-14(12)17-15/h3-6,11,17H,2,7-10H2,1H3. The third-order valence-electron chi connectivity index (χ3n) is 3.88. The normalized spacial score (nSPS) is 18.3. The van der Waals surface area contributed by atoms with E-state index in [-0.39, 0.29) is 11.9 Å². The molecule has 1 unspecified atom stereocenters. The number of fused-ring (bicyclic) bond motifs is 3. The number of aryl methyl sites for hydroxylation is 1. The summed E-state index contributed by atoms with van der Waals surface area (Å²) < 4.78 is 5.29. The highest BCUT2D eigenvalue weighted by Crippen LogP contribution is 2.32. The largest absolute Gasteiger partial charge is 0.465 e. The molecule has 100 valence electrons. The molecule has 3 nitrogen and oxygen atoms in total. The Hall–Kier alpha value is -1.77. The summed E-state index contributed by atoms with van der Waals surface area (Å²) in [6, 6.07) is 8.31. The molecule has 2 aromatic rings. The molecule has 1 atom stereocenters. The highest BCUT2D eigenvalue weighted by molar-refractivity contribution is 5.86. The molecule has 1 N–H and O–H groups in total. The van der Waals surface area contributed by atoms with Gasteiger partial charge in [-0.05, 0) is 37.3 Å². The molecule has 1 aromatic carbocycles. The van der Waals surface area contributed by atoms with Crippen LogP contribution in [0.25, 0.3) is 10.9 Å². The summed E-state index contributed by atoms with van der Waals surface area (Å²) >= 11 is 0. The molecular formula is C16H19NO2. The Morgan fingerprint density at radius 2 is 2.26 bits per heavy atom. The predicted molar refractivity (Wildman–Crippen MR) is 75.1 cm³/mol. The molecule has 0 bridgehead atoms. The van der Waals surface area contributed by atoms with Crippen LogP contribution in [-0.4, -0.2) is 17.6 Å². The Bertz CT molecular complexity index is 600. The van der Waals surface area contributed by atoms with E-state index in [2.05, 4.69) is 23.2 Å². The maximum atomic E-state index is 12.0. The average molecular weight is 257 g/mol. The van der Waals surface area contributed by atoms with Gasteiger partial charge in [0.25, 0.3) is 0 Å².